The molecule has 3 N–H and O–H groups in total. The molecule has 2 heterocycles. The molecule has 0 fully saturated rings. The summed E-state index contributed by atoms with van der Waals surface area (Å²) in [6, 6.07) is 16.2. The van der Waals surface area contributed by atoms with E-state index >= 15 is 0 Å². The van der Waals surface area contributed by atoms with Crippen molar-refractivity contribution in [1.82, 2.24) is 9.97 Å². The molecule has 0 atom stereocenters. The summed E-state index contributed by atoms with van der Waals surface area (Å²) in [6.07, 6.45) is 0. The molecule has 4 rings (SSSR count). The summed E-state index contributed by atoms with van der Waals surface area (Å²) in [5.41, 5.74) is 3.72. The Balaban J connectivity index is 1.45. The minimum atomic E-state index is -0.350. The van der Waals surface area contributed by atoms with E-state index in [1.165, 1.54) is 22.7 Å². The number of rotatable bonds is 6. The molecule has 7 nitrogen and oxygen atoms in total. The Morgan fingerprint density at radius 3 is 2.45 bits per heavy atom. The van der Waals surface area contributed by atoms with Gasteiger partial charge in [-0.2, -0.15) is 0 Å². The molecule has 4 aromatic rings. The molecule has 9 heteroatoms. The SMILES string of the molecule is CC(=O)c1cccc(Nc2nc(-c3sc(NC(=O)Nc4ccccc4)nc3C)cs2)c1. The van der Waals surface area contributed by atoms with Crippen molar-refractivity contribution < 1.29 is 9.59 Å². The van der Waals surface area contributed by atoms with E-state index < -0.39 is 0 Å². The van der Waals surface area contributed by atoms with Gasteiger partial charge in [0.15, 0.2) is 16.0 Å². The van der Waals surface area contributed by atoms with Crippen molar-refractivity contribution in [3.63, 3.8) is 0 Å². The quantitative estimate of drug-likeness (QED) is 0.306. The Bertz CT molecular complexity index is 1230. The van der Waals surface area contributed by atoms with E-state index in [1.54, 1.807) is 19.1 Å². The number of hydrogen-bond donors (Lipinski definition) is 3. The summed E-state index contributed by atoms with van der Waals surface area (Å²) in [6.45, 7) is 3.42. The third kappa shape index (κ3) is 5.14. The average Bonchev–Trinajstić information content (AvgIpc) is 3.35. The summed E-state index contributed by atoms with van der Waals surface area (Å²) >= 11 is 2.83. The fourth-order valence-corrected chi connectivity index (χ4v) is 4.56. The molecule has 31 heavy (non-hydrogen) atoms. The van der Waals surface area contributed by atoms with Crippen LogP contribution in [0.1, 0.15) is 23.0 Å². The number of amides is 2. The molecule has 2 amide bonds. The smallest absolute Gasteiger partial charge is 0.325 e. The fourth-order valence-electron chi connectivity index (χ4n) is 2.84. The van der Waals surface area contributed by atoms with Gasteiger partial charge in [-0.25, -0.2) is 14.8 Å². The molecular weight excluding hydrogens is 430 g/mol. The lowest BCUT2D eigenvalue weighted by molar-refractivity contribution is 0.101. The Hall–Kier alpha value is -3.56. The highest BCUT2D eigenvalue weighted by atomic mass is 32.1. The molecular formula is C22H19N5O2S2. The van der Waals surface area contributed by atoms with Crippen LogP contribution in [0.3, 0.4) is 0 Å². The molecule has 156 valence electrons. The van der Waals surface area contributed by atoms with Crippen LogP contribution >= 0.6 is 22.7 Å². The molecule has 0 unspecified atom stereocenters. The minimum absolute atomic E-state index is 0.0140. The summed E-state index contributed by atoms with van der Waals surface area (Å²) in [7, 11) is 0. The highest BCUT2D eigenvalue weighted by Gasteiger charge is 2.15. The average molecular weight is 450 g/mol. The van der Waals surface area contributed by atoms with Gasteiger partial charge in [0, 0.05) is 22.3 Å². The zero-order chi connectivity index (χ0) is 21.8. The fraction of sp³-hybridized carbons (Fsp3) is 0.0909. The van der Waals surface area contributed by atoms with Crippen molar-refractivity contribution in [2.75, 3.05) is 16.0 Å². The van der Waals surface area contributed by atoms with Crippen LogP contribution < -0.4 is 16.0 Å². The van der Waals surface area contributed by atoms with Gasteiger partial charge in [-0.15, -0.1) is 11.3 Å². The second kappa shape index (κ2) is 9.07. The molecule has 0 radical (unpaired) electrons. The number of nitrogens with one attached hydrogen (secondary N) is 3. The van der Waals surface area contributed by atoms with Crippen molar-refractivity contribution in [2.45, 2.75) is 13.8 Å². The van der Waals surface area contributed by atoms with Crippen LogP contribution in [-0.2, 0) is 0 Å². The zero-order valence-electron chi connectivity index (χ0n) is 16.8. The third-order valence-electron chi connectivity index (χ3n) is 4.31. The van der Waals surface area contributed by atoms with Crippen LogP contribution in [0, 0.1) is 6.92 Å². The predicted octanol–water partition coefficient (Wildman–Crippen LogP) is 6.17. The maximum atomic E-state index is 12.2. The largest absolute Gasteiger partial charge is 0.332 e. The molecule has 2 aromatic carbocycles. The highest BCUT2D eigenvalue weighted by Crippen LogP contribution is 2.35. The lowest BCUT2D eigenvalue weighted by atomic mass is 10.1. The van der Waals surface area contributed by atoms with Gasteiger partial charge < -0.3 is 10.6 Å². The summed E-state index contributed by atoms with van der Waals surface area (Å²) in [5, 5.41) is 11.9. The first-order valence-corrected chi connectivity index (χ1v) is 11.1. The van der Waals surface area contributed by atoms with Crippen LogP contribution in [-0.4, -0.2) is 21.8 Å². The first-order valence-electron chi connectivity index (χ1n) is 9.42. The minimum Gasteiger partial charge on any atom is -0.332 e. The van der Waals surface area contributed by atoms with Crippen LogP contribution in [0.25, 0.3) is 10.6 Å². The summed E-state index contributed by atoms with van der Waals surface area (Å²) < 4.78 is 0. The van der Waals surface area contributed by atoms with Gasteiger partial charge in [-0.05, 0) is 38.1 Å². The van der Waals surface area contributed by atoms with E-state index in [-0.39, 0.29) is 11.8 Å². The lowest BCUT2D eigenvalue weighted by Gasteiger charge is -2.04. The van der Waals surface area contributed by atoms with E-state index in [0.717, 1.165) is 22.0 Å². The Kier molecular flexibility index (Phi) is 6.06. The second-order valence-corrected chi connectivity index (χ2v) is 8.54. The van der Waals surface area contributed by atoms with Crippen LogP contribution in [0.5, 0.6) is 0 Å². The number of aromatic nitrogens is 2. The number of carbonyl (C=O) groups is 2. The summed E-state index contributed by atoms with van der Waals surface area (Å²) in [5.74, 6) is 0.0140. The number of hydrogen-bond acceptors (Lipinski definition) is 7. The number of nitrogens with zero attached hydrogens (tertiary/aromatic N) is 2. The van der Waals surface area contributed by atoms with Gasteiger partial charge in [0.05, 0.1) is 16.3 Å². The molecule has 0 bridgehead atoms. The second-order valence-electron chi connectivity index (χ2n) is 6.68. The topological polar surface area (TPSA) is 96.0 Å². The van der Waals surface area contributed by atoms with E-state index in [0.29, 0.717) is 21.5 Å². The number of urea groups is 1. The Labute approximate surface area is 187 Å². The number of benzene rings is 2. The van der Waals surface area contributed by atoms with Gasteiger partial charge in [0.2, 0.25) is 0 Å². The summed E-state index contributed by atoms with van der Waals surface area (Å²) in [4.78, 5) is 33.8. The van der Waals surface area contributed by atoms with E-state index in [4.69, 9.17) is 0 Å². The van der Waals surface area contributed by atoms with Crippen LogP contribution in [0.2, 0.25) is 0 Å². The first-order chi connectivity index (χ1) is 15.0. The Morgan fingerprint density at radius 2 is 1.68 bits per heavy atom. The molecule has 0 saturated heterocycles. The van der Waals surface area contributed by atoms with Gasteiger partial charge in [0.25, 0.3) is 0 Å². The van der Waals surface area contributed by atoms with Crippen molar-refractivity contribution in [3.8, 4) is 10.6 Å². The van der Waals surface area contributed by atoms with E-state index in [2.05, 4.69) is 25.9 Å². The van der Waals surface area contributed by atoms with Crippen molar-refractivity contribution in [2.24, 2.45) is 0 Å². The molecule has 0 saturated carbocycles. The van der Waals surface area contributed by atoms with E-state index in [1.807, 2.05) is 54.8 Å². The maximum Gasteiger partial charge on any atom is 0.325 e. The highest BCUT2D eigenvalue weighted by molar-refractivity contribution is 7.20. The maximum absolute atomic E-state index is 12.2. The number of thiazole rings is 2. The third-order valence-corrected chi connectivity index (χ3v) is 6.16. The monoisotopic (exact) mass is 449 g/mol. The molecule has 0 aliphatic heterocycles. The van der Waals surface area contributed by atoms with Gasteiger partial charge >= 0.3 is 6.03 Å². The number of anilines is 4. The number of carbonyl (C=O) groups excluding carboxylic acids is 2. The molecule has 0 spiro atoms. The van der Waals surface area contributed by atoms with Crippen LogP contribution in [0.4, 0.5) is 26.4 Å². The zero-order valence-corrected chi connectivity index (χ0v) is 18.4. The normalized spacial score (nSPS) is 10.5. The number of Topliss-reactive ketones (excluding diaryl/α,β-unsaturated/α-hetero) is 1. The van der Waals surface area contributed by atoms with Crippen LogP contribution in [0.15, 0.2) is 60.0 Å². The molecule has 0 aliphatic carbocycles. The molecule has 2 aromatic heterocycles. The van der Waals surface area contributed by atoms with Gasteiger partial charge in [-0.3, -0.25) is 10.1 Å². The van der Waals surface area contributed by atoms with Crippen molar-refractivity contribution in [1.29, 1.82) is 0 Å². The first kappa shape index (κ1) is 20.7. The van der Waals surface area contributed by atoms with E-state index in [9.17, 15) is 9.59 Å². The van der Waals surface area contributed by atoms with Crippen molar-refractivity contribution in [3.05, 3.63) is 71.2 Å². The Morgan fingerprint density at radius 1 is 0.903 bits per heavy atom. The lowest BCUT2D eigenvalue weighted by Crippen LogP contribution is -2.19. The standard InChI is InChI=1S/C22H19N5O2S2/c1-13-19(31-22(23-13)27-20(29)24-16-8-4-3-5-9-16)18-12-30-21(26-18)25-17-10-6-7-15(11-17)14(2)28/h3-12H,1-2H3,(H,25,26)(H2,23,24,27,29). The number of para-hydroxylation sites is 1. The van der Waals surface area contributed by atoms with Gasteiger partial charge in [-0.1, -0.05) is 41.7 Å². The van der Waals surface area contributed by atoms with Crippen molar-refractivity contribution >= 4 is 56.1 Å². The number of ketones is 1. The predicted molar refractivity (Wildman–Crippen MR) is 127 cm³/mol. The van der Waals surface area contributed by atoms with Gasteiger partial charge in [0.1, 0.15) is 0 Å². The number of aryl methyl sites for hydroxylation is 1. The molecule has 0 aliphatic rings.